The predicted octanol–water partition coefficient (Wildman–Crippen LogP) is 3.35. The second kappa shape index (κ2) is 5.95. The minimum atomic E-state index is -4.43. The van der Waals surface area contributed by atoms with Gasteiger partial charge in [0.15, 0.2) is 0 Å². The number of aromatic nitrogens is 1. The van der Waals surface area contributed by atoms with Gasteiger partial charge in [-0.05, 0) is 19.1 Å². The smallest absolute Gasteiger partial charge is 0.343 e. The summed E-state index contributed by atoms with van der Waals surface area (Å²) in [5, 5.41) is 1.84. The highest BCUT2D eigenvalue weighted by atomic mass is 19.4. The summed E-state index contributed by atoms with van der Waals surface area (Å²) >= 11 is 0. The molecular weight excluding hydrogens is 281 g/mol. The molecule has 1 amide bonds. The molecule has 0 saturated heterocycles. The van der Waals surface area contributed by atoms with E-state index in [2.05, 4.69) is 4.98 Å². The largest absolute Gasteiger partial charge is 0.405 e. The number of halogens is 3. The monoisotopic (exact) mass is 294 g/mol. The quantitative estimate of drug-likeness (QED) is 0.943. The molecule has 2 aromatic rings. The number of rotatable bonds is 3. The topological polar surface area (TPSA) is 42.0 Å². The van der Waals surface area contributed by atoms with Crippen LogP contribution in [0.25, 0.3) is 11.3 Å². The maximum Gasteiger partial charge on any atom is 0.405 e. The number of hydrogen-bond acceptors (Lipinski definition) is 2. The molecule has 1 N–H and O–H groups in total. The first kappa shape index (κ1) is 15.0. The number of hydrogen-bond donors (Lipinski definition) is 1. The van der Waals surface area contributed by atoms with Gasteiger partial charge in [-0.15, -0.1) is 0 Å². The van der Waals surface area contributed by atoms with Gasteiger partial charge in [-0.1, -0.05) is 30.3 Å². The minimum Gasteiger partial charge on any atom is -0.343 e. The minimum absolute atomic E-state index is 0.138. The molecule has 0 radical (unpaired) electrons. The molecule has 0 atom stereocenters. The molecule has 0 spiro atoms. The van der Waals surface area contributed by atoms with Gasteiger partial charge < -0.3 is 5.32 Å². The summed E-state index contributed by atoms with van der Waals surface area (Å²) in [6.07, 6.45) is -4.43. The standard InChI is InChI=1S/C15H13F3N2O/c1-10-12(14(21)19-9-15(16,17)18)7-8-13(20-10)11-5-3-2-4-6-11/h2-8H,9H2,1H3,(H,19,21). The van der Waals surface area contributed by atoms with E-state index in [4.69, 9.17) is 0 Å². The fourth-order valence-corrected chi connectivity index (χ4v) is 1.85. The van der Waals surface area contributed by atoms with Crippen LogP contribution < -0.4 is 5.32 Å². The first-order valence-corrected chi connectivity index (χ1v) is 6.25. The van der Waals surface area contributed by atoms with Gasteiger partial charge in [0.2, 0.25) is 0 Å². The Morgan fingerprint density at radius 3 is 2.38 bits per heavy atom. The van der Waals surface area contributed by atoms with Gasteiger partial charge in [0, 0.05) is 5.56 Å². The lowest BCUT2D eigenvalue weighted by molar-refractivity contribution is -0.123. The lowest BCUT2D eigenvalue weighted by Crippen LogP contribution is -2.34. The summed E-state index contributed by atoms with van der Waals surface area (Å²) in [4.78, 5) is 16.0. The number of carbonyl (C=O) groups is 1. The van der Waals surface area contributed by atoms with Crippen molar-refractivity contribution in [2.45, 2.75) is 13.1 Å². The molecule has 0 saturated carbocycles. The summed E-state index contributed by atoms with van der Waals surface area (Å²) in [5.74, 6) is -0.781. The van der Waals surface area contributed by atoms with Gasteiger partial charge in [0.1, 0.15) is 6.54 Å². The van der Waals surface area contributed by atoms with Crippen molar-refractivity contribution in [3.63, 3.8) is 0 Å². The fourth-order valence-electron chi connectivity index (χ4n) is 1.85. The third kappa shape index (κ3) is 4.05. The van der Waals surface area contributed by atoms with E-state index in [1.165, 1.54) is 6.07 Å². The highest BCUT2D eigenvalue weighted by Crippen LogP contribution is 2.19. The molecule has 0 aliphatic rings. The molecule has 1 aromatic heterocycles. The van der Waals surface area contributed by atoms with Crippen molar-refractivity contribution in [3.8, 4) is 11.3 Å². The van der Waals surface area contributed by atoms with Crippen LogP contribution in [0.3, 0.4) is 0 Å². The molecule has 6 heteroatoms. The van der Waals surface area contributed by atoms with Crippen LogP contribution in [-0.2, 0) is 0 Å². The molecule has 0 aliphatic heterocycles. The Labute approximate surface area is 119 Å². The Kier molecular flexibility index (Phi) is 4.26. The van der Waals surface area contributed by atoms with Gasteiger partial charge in [-0.3, -0.25) is 9.78 Å². The third-order valence-corrected chi connectivity index (χ3v) is 2.85. The third-order valence-electron chi connectivity index (χ3n) is 2.85. The highest BCUT2D eigenvalue weighted by molar-refractivity contribution is 5.95. The van der Waals surface area contributed by atoms with Gasteiger partial charge in [-0.2, -0.15) is 13.2 Å². The van der Waals surface area contributed by atoms with E-state index in [0.717, 1.165) is 5.56 Å². The molecule has 3 nitrogen and oxygen atoms in total. The number of alkyl halides is 3. The maximum absolute atomic E-state index is 12.1. The van der Waals surface area contributed by atoms with Crippen LogP contribution in [0.5, 0.6) is 0 Å². The predicted molar refractivity (Wildman–Crippen MR) is 72.8 cm³/mol. The second-order valence-electron chi connectivity index (χ2n) is 4.49. The van der Waals surface area contributed by atoms with Crippen LogP contribution in [0.1, 0.15) is 16.1 Å². The molecule has 21 heavy (non-hydrogen) atoms. The molecule has 1 aromatic carbocycles. The van der Waals surface area contributed by atoms with Crippen molar-refractivity contribution >= 4 is 5.91 Å². The molecule has 0 aliphatic carbocycles. The highest BCUT2D eigenvalue weighted by Gasteiger charge is 2.28. The van der Waals surface area contributed by atoms with Crippen molar-refractivity contribution in [2.75, 3.05) is 6.54 Å². The van der Waals surface area contributed by atoms with E-state index >= 15 is 0 Å². The zero-order valence-corrected chi connectivity index (χ0v) is 11.2. The summed E-state index contributed by atoms with van der Waals surface area (Å²) in [7, 11) is 0. The number of amides is 1. The van der Waals surface area contributed by atoms with Crippen LogP contribution in [0.15, 0.2) is 42.5 Å². The van der Waals surface area contributed by atoms with Crippen molar-refractivity contribution in [2.24, 2.45) is 0 Å². The van der Waals surface area contributed by atoms with E-state index in [1.807, 2.05) is 35.6 Å². The molecular formula is C15H13F3N2O. The van der Waals surface area contributed by atoms with Gasteiger partial charge >= 0.3 is 6.18 Å². The molecule has 110 valence electrons. The second-order valence-corrected chi connectivity index (χ2v) is 4.49. The van der Waals surface area contributed by atoms with E-state index in [0.29, 0.717) is 11.4 Å². The number of aryl methyl sites for hydroxylation is 1. The number of benzene rings is 1. The lowest BCUT2D eigenvalue weighted by atomic mass is 10.1. The Bertz CT molecular complexity index is 639. The Morgan fingerprint density at radius 2 is 1.81 bits per heavy atom. The molecule has 0 unspecified atom stereocenters. The van der Waals surface area contributed by atoms with Gasteiger partial charge in [0.25, 0.3) is 5.91 Å². The van der Waals surface area contributed by atoms with Crippen LogP contribution >= 0.6 is 0 Å². The van der Waals surface area contributed by atoms with E-state index in [9.17, 15) is 18.0 Å². The summed E-state index contributed by atoms with van der Waals surface area (Å²) < 4.78 is 36.3. The summed E-state index contributed by atoms with van der Waals surface area (Å²) in [6, 6.07) is 12.4. The van der Waals surface area contributed by atoms with E-state index in [-0.39, 0.29) is 5.56 Å². The Balaban J connectivity index is 2.18. The zero-order chi connectivity index (χ0) is 15.5. The van der Waals surface area contributed by atoms with Crippen LogP contribution in [-0.4, -0.2) is 23.6 Å². The SMILES string of the molecule is Cc1nc(-c2ccccc2)ccc1C(=O)NCC(F)(F)F. The summed E-state index contributed by atoms with van der Waals surface area (Å²) in [5.41, 5.74) is 2.07. The van der Waals surface area contributed by atoms with Gasteiger partial charge in [-0.25, -0.2) is 0 Å². The van der Waals surface area contributed by atoms with Crippen molar-refractivity contribution in [1.82, 2.24) is 10.3 Å². The van der Waals surface area contributed by atoms with Crippen molar-refractivity contribution < 1.29 is 18.0 Å². The molecule has 0 bridgehead atoms. The number of nitrogens with zero attached hydrogens (tertiary/aromatic N) is 1. The lowest BCUT2D eigenvalue weighted by Gasteiger charge is -2.10. The van der Waals surface area contributed by atoms with Crippen LogP contribution in [0.2, 0.25) is 0 Å². The first-order valence-electron chi connectivity index (χ1n) is 6.25. The van der Waals surface area contributed by atoms with E-state index in [1.54, 1.807) is 13.0 Å². The Morgan fingerprint density at radius 1 is 1.14 bits per heavy atom. The van der Waals surface area contributed by atoms with Crippen LogP contribution in [0, 0.1) is 6.92 Å². The van der Waals surface area contributed by atoms with Gasteiger partial charge in [0.05, 0.1) is 17.0 Å². The molecule has 2 rings (SSSR count). The average molecular weight is 294 g/mol. The first-order chi connectivity index (χ1) is 9.87. The average Bonchev–Trinajstić information content (AvgIpc) is 2.45. The normalized spacial score (nSPS) is 11.2. The van der Waals surface area contributed by atoms with Crippen molar-refractivity contribution in [1.29, 1.82) is 0 Å². The van der Waals surface area contributed by atoms with Crippen molar-refractivity contribution in [3.05, 3.63) is 53.7 Å². The number of pyridine rings is 1. The number of carbonyl (C=O) groups excluding carboxylic acids is 1. The fraction of sp³-hybridized carbons (Fsp3) is 0.200. The number of nitrogens with one attached hydrogen (secondary N) is 1. The maximum atomic E-state index is 12.1. The molecule has 1 heterocycles. The Hall–Kier alpha value is -2.37. The van der Waals surface area contributed by atoms with Crippen LogP contribution in [0.4, 0.5) is 13.2 Å². The molecule has 0 fully saturated rings. The summed E-state index contributed by atoms with van der Waals surface area (Å²) in [6.45, 7) is 0.237. The zero-order valence-electron chi connectivity index (χ0n) is 11.2. The van der Waals surface area contributed by atoms with E-state index < -0.39 is 18.6 Å².